The van der Waals surface area contributed by atoms with Crippen LogP contribution in [0.5, 0.6) is 0 Å². The van der Waals surface area contributed by atoms with Crippen LogP contribution in [0.2, 0.25) is 0 Å². The second-order valence-corrected chi connectivity index (χ2v) is 6.59. The van der Waals surface area contributed by atoms with Crippen molar-refractivity contribution in [1.29, 1.82) is 0 Å². The fourth-order valence-electron chi connectivity index (χ4n) is 0.550. The van der Waals surface area contributed by atoms with E-state index in [0.29, 0.717) is 0 Å². The van der Waals surface area contributed by atoms with Gasteiger partial charge in [0.15, 0.2) is 0 Å². The topological polar surface area (TPSA) is 81.7 Å². The van der Waals surface area contributed by atoms with Crippen molar-refractivity contribution < 1.29 is 22.8 Å². The molecule has 0 saturated carbocycles. The molecule has 0 fully saturated rings. The molecule has 15 heavy (non-hydrogen) atoms. The van der Waals surface area contributed by atoms with Crippen LogP contribution in [0, 0.1) is 0 Å². The molecule has 6 nitrogen and oxygen atoms in total. The van der Waals surface area contributed by atoms with Gasteiger partial charge in [-0.05, 0) is 20.8 Å². The van der Waals surface area contributed by atoms with E-state index < -0.39 is 20.7 Å². The molecule has 0 aliphatic heterocycles. The van der Waals surface area contributed by atoms with E-state index in [4.69, 9.17) is 15.4 Å². The van der Waals surface area contributed by atoms with Crippen LogP contribution in [0.3, 0.4) is 0 Å². The molecule has 0 aromatic rings. The second kappa shape index (κ2) is 5.53. The second-order valence-electron chi connectivity index (χ2n) is 3.70. The highest BCUT2D eigenvalue weighted by Gasteiger charge is 2.16. The number of hydrogen-bond donors (Lipinski definition) is 1. The highest BCUT2D eigenvalue weighted by atomic mass is 35.7. The third kappa shape index (κ3) is 11.4. The number of amides is 1. The minimum atomic E-state index is -3.60. The first kappa shape index (κ1) is 14.5. The summed E-state index contributed by atoms with van der Waals surface area (Å²) in [5.41, 5.74) is 1.29. The zero-order valence-corrected chi connectivity index (χ0v) is 10.3. The van der Waals surface area contributed by atoms with Gasteiger partial charge in [-0.15, -0.1) is 0 Å². The molecule has 1 amide bonds. The van der Waals surface area contributed by atoms with Crippen molar-refractivity contribution in [1.82, 2.24) is 5.48 Å². The first-order chi connectivity index (χ1) is 6.60. The predicted octanol–water partition coefficient (Wildman–Crippen LogP) is 1.01. The molecule has 0 spiro atoms. The Hall–Kier alpha value is -0.530. The SMILES string of the molecule is CC(C)(C)OC(=O)NOCCS(=O)(=O)Cl. The average Bonchev–Trinajstić information content (AvgIpc) is 1.92. The minimum Gasteiger partial charge on any atom is -0.442 e. The Balaban J connectivity index is 3.66. The number of nitrogens with one attached hydrogen (secondary N) is 1. The molecule has 0 aliphatic rings. The zero-order valence-electron chi connectivity index (χ0n) is 8.74. The van der Waals surface area contributed by atoms with E-state index in [9.17, 15) is 13.2 Å². The molecule has 0 aromatic carbocycles. The smallest absolute Gasteiger partial charge is 0.431 e. The number of rotatable bonds is 4. The van der Waals surface area contributed by atoms with E-state index in [1.807, 2.05) is 5.48 Å². The molecule has 0 heterocycles. The maximum absolute atomic E-state index is 10.9. The Morgan fingerprint density at radius 2 is 1.93 bits per heavy atom. The Morgan fingerprint density at radius 3 is 2.33 bits per heavy atom. The van der Waals surface area contributed by atoms with Gasteiger partial charge in [0.25, 0.3) is 0 Å². The lowest BCUT2D eigenvalue weighted by Gasteiger charge is -2.19. The van der Waals surface area contributed by atoms with Gasteiger partial charge >= 0.3 is 6.09 Å². The van der Waals surface area contributed by atoms with Gasteiger partial charge in [-0.1, -0.05) is 0 Å². The van der Waals surface area contributed by atoms with Crippen LogP contribution >= 0.6 is 10.7 Å². The van der Waals surface area contributed by atoms with Gasteiger partial charge in [-0.2, -0.15) is 5.48 Å². The number of hydroxylamine groups is 1. The number of ether oxygens (including phenoxy) is 1. The highest BCUT2D eigenvalue weighted by molar-refractivity contribution is 8.13. The molecule has 0 bridgehead atoms. The van der Waals surface area contributed by atoms with Crippen molar-refractivity contribution in [3.05, 3.63) is 0 Å². The van der Waals surface area contributed by atoms with Gasteiger partial charge in [0.2, 0.25) is 9.05 Å². The molecular weight excluding hydrogens is 246 g/mol. The zero-order chi connectivity index (χ0) is 12.1. The van der Waals surface area contributed by atoms with Gasteiger partial charge in [-0.25, -0.2) is 13.2 Å². The van der Waals surface area contributed by atoms with Gasteiger partial charge < -0.3 is 4.74 Å². The summed E-state index contributed by atoms with van der Waals surface area (Å²) in [6, 6.07) is 0. The quantitative estimate of drug-likeness (QED) is 0.463. The van der Waals surface area contributed by atoms with Gasteiger partial charge in [-0.3, -0.25) is 4.84 Å². The fraction of sp³-hybridized carbons (Fsp3) is 0.857. The maximum atomic E-state index is 10.9. The van der Waals surface area contributed by atoms with Crippen molar-refractivity contribution in [2.75, 3.05) is 12.4 Å². The van der Waals surface area contributed by atoms with Crippen LogP contribution in [0.4, 0.5) is 4.79 Å². The molecule has 1 N–H and O–H groups in total. The van der Waals surface area contributed by atoms with E-state index in [1.54, 1.807) is 20.8 Å². The van der Waals surface area contributed by atoms with Crippen LogP contribution in [-0.2, 0) is 18.6 Å². The molecule has 0 saturated heterocycles. The molecule has 0 atom stereocenters. The Labute approximate surface area is 93.3 Å². The standard InChI is InChI=1S/C7H14ClNO5S/c1-7(2,3)14-6(10)9-13-4-5-15(8,11)12/h4-5H2,1-3H3,(H,9,10). The molecule has 0 aliphatic carbocycles. The summed E-state index contributed by atoms with van der Waals surface area (Å²) in [4.78, 5) is 15.5. The lowest BCUT2D eigenvalue weighted by molar-refractivity contribution is -0.00354. The molecule has 0 radical (unpaired) electrons. The molecular formula is C7H14ClNO5S. The maximum Gasteiger partial charge on any atom is 0.431 e. The first-order valence-electron chi connectivity index (χ1n) is 4.13. The van der Waals surface area contributed by atoms with Crippen LogP contribution in [0.1, 0.15) is 20.8 Å². The minimum absolute atomic E-state index is 0.231. The fourth-order valence-corrected chi connectivity index (χ4v) is 1.02. The number of hydrogen-bond acceptors (Lipinski definition) is 5. The number of carbonyl (C=O) groups excluding carboxylic acids is 1. The molecule has 0 rings (SSSR count). The van der Waals surface area contributed by atoms with E-state index >= 15 is 0 Å². The van der Waals surface area contributed by atoms with E-state index in [2.05, 4.69) is 4.84 Å². The highest BCUT2D eigenvalue weighted by Crippen LogP contribution is 2.06. The van der Waals surface area contributed by atoms with Crippen LogP contribution in [0.25, 0.3) is 0 Å². The predicted molar refractivity (Wildman–Crippen MR) is 55.0 cm³/mol. The summed E-state index contributed by atoms with van der Waals surface area (Å²) in [5, 5.41) is 0. The van der Waals surface area contributed by atoms with Crippen molar-refractivity contribution in [3.8, 4) is 0 Å². The number of carbonyl (C=O) groups is 1. The summed E-state index contributed by atoms with van der Waals surface area (Å²) in [6.45, 7) is 4.84. The van der Waals surface area contributed by atoms with Crippen LogP contribution in [-0.4, -0.2) is 32.5 Å². The third-order valence-electron chi connectivity index (χ3n) is 0.984. The van der Waals surface area contributed by atoms with Crippen molar-refractivity contribution in [2.24, 2.45) is 0 Å². The average molecular weight is 260 g/mol. The summed E-state index contributed by atoms with van der Waals surface area (Å²) in [5.74, 6) is -0.385. The van der Waals surface area contributed by atoms with E-state index in [1.165, 1.54) is 0 Å². The summed E-state index contributed by atoms with van der Waals surface area (Å²) >= 11 is 0. The van der Waals surface area contributed by atoms with Crippen molar-refractivity contribution in [2.45, 2.75) is 26.4 Å². The summed E-state index contributed by atoms with van der Waals surface area (Å²) < 4.78 is 25.7. The molecule has 0 unspecified atom stereocenters. The summed E-state index contributed by atoms with van der Waals surface area (Å²) in [7, 11) is 1.30. The Bertz CT molecular complexity index is 308. The first-order valence-corrected chi connectivity index (χ1v) is 6.61. The monoisotopic (exact) mass is 259 g/mol. The van der Waals surface area contributed by atoms with Crippen LogP contribution < -0.4 is 5.48 Å². The van der Waals surface area contributed by atoms with Gasteiger partial charge in [0.05, 0.1) is 12.4 Å². The molecule has 0 aromatic heterocycles. The van der Waals surface area contributed by atoms with Crippen molar-refractivity contribution >= 4 is 25.8 Å². The lowest BCUT2D eigenvalue weighted by Crippen LogP contribution is -2.33. The van der Waals surface area contributed by atoms with E-state index in [0.717, 1.165) is 0 Å². The lowest BCUT2D eigenvalue weighted by atomic mass is 10.2. The van der Waals surface area contributed by atoms with Crippen molar-refractivity contribution in [3.63, 3.8) is 0 Å². The molecule has 90 valence electrons. The van der Waals surface area contributed by atoms with Crippen LogP contribution in [0.15, 0.2) is 0 Å². The molecule has 8 heteroatoms. The Kier molecular flexibility index (Phi) is 5.33. The Morgan fingerprint density at radius 1 is 1.40 bits per heavy atom. The van der Waals surface area contributed by atoms with Gasteiger partial charge in [0, 0.05) is 10.7 Å². The largest absolute Gasteiger partial charge is 0.442 e. The van der Waals surface area contributed by atoms with E-state index in [-0.39, 0.29) is 12.4 Å². The normalized spacial score (nSPS) is 12.3. The third-order valence-corrected chi connectivity index (χ3v) is 2.10. The summed E-state index contributed by atoms with van der Waals surface area (Å²) in [6.07, 6.45) is -0.783. The van der Waals surface area contributed by atoms with Gasteiger partial charge in [0.1, 0.15) is 5.60 Å². The number of halogens is 1.